The average Bonchev–Trinajstić information content (AvgIpc) is 2.77. The third-order valence-corrected chi connectivity index (χ3v) is 3.35. The zero-order valence-electron chi connectivity index (χ0n) is 11.3. The molecule has 102 valence electrons. The summed E-state index contributed by atoms with van der Waals surface area (Å²) < 4.78 is 7.44. The largest absolute Gasteiger partial charge is 0.491 e. The SMILES string of the molecule is Cc1ccccc1OCCn1c(=O)[nH]c2ccccc21. The molecule has 0 aliphatic carbocycles. The molecule has 3 aromatic rings. The highest BCUT2D eigenvalue weighted by atomic mass is 16.5. The number of fused-ring (bicyclic) bond motifs is 1. The van der Waals surface area contributed by atoms with Crippen LogP contribution >= 0.6 is 0 Å². The molecule has 0 bridgehead atoms. The molecule has 0 spiro atoms. The lowest BCUT2D eigenvalue weighted by Crippen LogP contribution is -2.20. The lowest BCUT2D eigenvalue weighted by molar-refractivity contribution is 0.296. The minimum Gasteiger partial charge on any atom is -0.491 e. The number of aryl methyl sites for hydroxylation is 1. The van der Waals surface area contributed by atoms with Gasteiger partial charge < -0.3 is 9.72 Å². The lowest BCUT2D eigenvalue weighted by Gasteiger charge is -2.09. The van der Waals surface area contributed by atoms with Gasteiger partial charge in [0, 0.05) is 0 Å². The van der Waals surface area contributed by atoms with Crippen molar-refractivity contribution in [3.8, 4) is 5.75 Å². The standard InChI is InChI=1S/C16H16N2O2/c1-12-6-2-5-9-15(12)20-11-10-18-14-8-4-3-7-13(14)17-16(18)19/h2-9H,10-11H2,1H3,(H,17,19). The van der Waals surface area contributed by atoms with Gasteiger partial charge in [0.1, 0.15) is 12.4 Å². The van der Waals surface area contributed by atoms with Crippen molar-refractivity contribution < 1.29 is 4.74 Å². The highest BCUT2D eigenvalue weighted by molar-refractivity contribution is 5.74. The predicted molar refractivity (Wildman–Crippen MR) is 79.2 cm³/mol. The van der Waals surface area contributed by atoms with E-state index >= 15 is 0 Å². The van der Waals surface area contributed by atoms with Crippen molar-refractivity contribution in [1.82, 2.24) is 9.55 Å². The van der Waals surface area contributed by atoms with Crippen molar-refractivity contribution in [2.45, 2.75) is 13.5 Å². The second-order valence-corrected chi connectivity index (χ2v) is 4.71. The number of ether oxygens (including phenoxy) is 1. The number of benzene rings is 2. The number of aromatic nitrogens is 2. The van der Waals surface area contributed by atoms with Crippen molar-refractivity contribution >= 4 is 11.0 Å². The Bertz CT molecular complexity index is 786. The first kappa shape index (κ1) is 12.5. The van der Waals surface area contributed by atoms with E-state index in [9.17, 15) is 4.79 Å². The van der Waals surface area contributed by atoms with Gasteiger partial charge in [-0.3, -0.25) is 4.57 Å². The topological polar surface area (TPSA) is 47.0 Å². The third kappa shape index (κ3) is 2.32. The summed E-state index contributed by atoms with van der Waals surface area (Å²) in [4.78, 5) is 14.7. The molecule has 0 aliphatic heterocycles. The van der Waals surface area contributed by atoms with Gasteiger partial charge in [-0.15, -0.1) is 0 Å². The molecular formula is C16H16N2O2. The number of H-pyrrole nitrogens is 1. The molecule has 0 unspecified atom stereocenters. The summed E-state index contributed by atoms with van der Waals surface area (Å²) >= 11 is 0. The van der Waals surface area contributed by atoms with Gasteiger partial charge in [-0.25, -0.2) is 4.79 Å². The van der Waals surface area contributed by atoms with Crippen LogP contribution in [0.2, 0.25) is 0 Å². The van der Waals surface area contributed by atoms with Crippen LogP contribution in [0.25, 0.3) is 11.0 Å². The van der Waals surface area contributed by atoms with Crippen molar-refractivity contribution in [1.29, 1.82) is 0 Å². The molecule has 0 atom stereocenters. The molecule has 4 heteroatoms. The van der Waals surface area contributed by atoms with Crippen LogP contribution < -0.4 is 10.4 Å². The zero-order chi connectivity index (χ0) is 13.9. The Morgan fingerprint density at radius 1 is 1.10 bits per heavy atom. The van der Waals surface area contributed by atoms with Gasteiger partial charge in [0.2, 0.25) is 0 Å². The Kier molecular flexibility index (Phi) is 3.29. The molecule has 1 heterocycles. The van der Waals surface area contributed by atoms with Crippen LogP contribution in [0, 0.1) is 6.92 Å². The molecule has 20 heavy (non-hydrogen) atoms. The highest BCUT2D eigenvalue weighted by Gasteiger charge is 2.06. The van der Waals surface area contributed by atoms with E-state index < -0.39 is 0 Å². The predicted octanol–water partition coefficient (Wildman–Crippen LogP) is 2.72. The van der Waals surface area contributed by atoms with Gasteiger partial charge >= 0.3 is 5.69 Å². The molecule has 0 saturated carbocycles. The highest BCUT2D eigenvalue weighted by Crippen LogP contribution is 2.16. The van der Waals surface area contributed by atoms with Crippen LogP contribution in [0.4, 0.5) is 0 Å². The van der Waals surface area contributed by atoms with Gasteiger partial charge in [0.15, 0.2) is 0 Å². The summed E-state index contributed by atoms with van der Waals surface area (Å²) in [6, 6.07) is 15.5. The molecule has 3 rings (SSSR count). The first-order chi connectivity index (χ1) is 9.75. The molecule has 1 aromatic heterocycles. The summed E-state index contributed by atoms with van der Waals surface area (Å²) in [5, 5.41) is 0. The number of aromatic amines is 1. The Labute approximate surface area is 116 Å². The fourth-order valence-corrected chi connectivity index (χ4v) is 2.29. The molecule has 1 N–H and O–H groups in total. The van der Waals surface area contributed by atoms with Gasteiger partial charge in [-0.05, 0) is 30.7 Å². The third-order valence-electron chi connectivity index (χ3n) is 3.35. The molecule has 4 nitrogen and oxygen atoms in total. The number of para-hydroxylation sites is 3. The van der Waals surface area contributed by atoms with Crippen LogP contribution in [0.15, 0.2) is 53.3 Å². The minimum absolute atomic E-state index is 0.0976. The Morgan fingerprint density at radius 2 is 1.85 bits per heavy atom. The Hall–Kier alpha value is -2.49. The van der Waals surface area contributed by atoms with Crippen LogP contribution in [0.5, 0.6) is 5.75 Å². The quantitative estimate of drug-likeness (QED) is 0.791. The summed E-state index contributed by atoms with van der Waals surface area (Å²) in [5.74, 6) is 0.861. The second kappa shape index (κ2) is 5.25. The van der Waals surface area contributed by atoms with Gasteiger partial charge in [0.25, 0.3) is 0 Å². The first-order valence-corrected chi connectivity index (χ1v) is 6.62. The number of nitrogens with zero attached hydrogens (tertiary/aromatic N) is 1. The smallest absolute Gasteiger partial charge is 0.326 e. The van der Waals surface area contributed by atoms with Crippen LogP contribution in [-0.2, 0) is 6.54 Å². The molecule has 0 saturated heterocycles. The summed E-state index contributed by atoms with van der Waals surface area (Å²) in [6.07, 6.45) is 0. The first-order valence-electron chi connectivity index (χ1n) is 6.62. The van der Waals surface area contributed by atoms with Crippen LogP contribution in [-0.4, -0.2) is 16.2 Å². The number of imidazole rings is 1. The monoisotopic (exact) mass is 268 g/mol. The van der Waals surface area contributed by atoms with Crippen molar-refractivity contribution in [3.63, 3.8) is 0 Å². The fourth-order valence-electron chi connectivity index (χ4n) is 2.29. The van der Waals surface area contributed by atoms with Crippen LogP contribution in [0.1, 0.15) is 5.56 Å². The molecule has 0 radical (unpaired) electrons. The maximum Gasteiger partial charge on any atom is 0.326 e. The number of hydrogen-bond donors (Lipinski definition) is 1. The molecule has 0 amide bonds. The van der Waals surface area contributed by atoms with Crippen LogP contribution in [0.3, 0.4) is 0 Å². The fraction of sp³-hybridized carbons (Fsp3) is 0.188. The van der Waals surface area contributed by atoms with E-state index in [2.05, 4.69) is 4.98 Å². The van der Waals surface area contributed by atoms with Gasteiger partial charge in [-0.2, -0.15) is 0 Å². The molecule has 0 aliphatic rings. The van der Waals surface area contributed by atoms with E-state index in [1.807, 2.05) is 55.5 Å². The van der Waals surface area contributed by atoms with E-state index in [0.29, 0.717) is 13.2 Å². The van der Waals surface area contributed by atoms with E-state index in [1.54, 1.807) is 4.57 Å². The lowest BCUT2D eigenvalue weighted by atomic mass is 10.2. The molecule has 0 fully saturated rings. The maximum absolute atomic E-state index is 11.9. The normalized spacial score (nSPS) is 10.8. The van der Waals surface area contributed by atoms with Gasteiger partial charge in [0.05, 0.1) is 17.6 Å². The van der Waals surface area contributed by atoms with E-state index in [0.717, 1.165) is 22.3 Å². The van der Waals surface area contributed by atoms with E-state index in [1.165, 1.54) is 0 Å². The summed E-state index contributed by atoms with van der Waals surface area (Å²) in [7, 11) is 0. The zero-order valence-corrected chi connectivity index (χ0v) is 11.3. The van der Waals surface area contributed by atoms with Crippen molar-refractivity contribution in [2.75, 3.05) is 6.61 Å². The second-order valence-electron chi connectivity index (χ2n) is 4.71. The van der Waals surface area contributed by atoms with Gasteiger partial charge in [-0.1, -0.05) is 30.3 Å². The number of nitrogens with one attached hydrogen (secondary N) is 1. The Balaban J connectivity index is 1.76. The van der Waals surface area contributed by atoms with Crippen molar-refractivity contribution in [3.05, 3.63) is 64.6 Å². The molecular weight excluding hydrogens is 252 g/mol. The average molecular weight is 268 g/mol. The Morgan fingerprint density at radius 3 is 2.70 bits per heavy atom. The van der Waals surface area contributed by atoms with E-state index in [-0.39, 0.29) is 5.69 Å². The summed E-state index contributed by atoms with van der Waals surface area (Å²) in [5.41, 5.74) is 2.76. The molecule has 2 aromatic carbocycles. The summed E-state index contributed by atoms with van der Waals surface area (Å²) in [6.45, 7) is 3.00. The van der Waals surface area contributed by atoms with E-state index in [4.69, 9.17) is 4.74 Å². The van der Waals surface area contributed by atoms with Crippen molar-refractivity contribution in [2.24, 2.45) is 0 Å². The number of rotatable bonds is 4. The maximum atomic E-state index is 11.9. The minimum atomic E-state index is -0.0976. The number of hydrogen-bond acceptors (Lipinski definition) is 2.